The maximum atomic E-state index is 12.2. The zero-order valence-electron chi connectivity index (χ0n) is 11.3. The zero-order valence-corrected chi connectivity index (χ0v) is 12.1. The maximum Gasteiger partial charge on any atom is 0.246 e. The second-order valence-corrected chi connectivity index (χ2v) is 5.57. The topological polar surface area (TPSA) is 70.7 Å². The van der Waals surface area contributed by atoms with E-state index in [2.05, 4.69) is 10.6 Å². The van der Waals surface area contributed by atoms with Crippen molar-refractivity contribution in [3.8, 4) is 5.75 Å². The average molecular weight is 310 g/mol. The van der Waals surface area contributed by atoms with Crippen molar-refractivity contribution in [2.75, 3.05) is 26.2 Å². The van der Waals surface area contributed by atoms with Gasteiger partial charge in [0.2, 0.25) is 11.8 Å². The van der Waals surface area contributed by atoms with E-state index < -0.39 is 6.04 Å². The Balaban J connectivity index is 1.50. The smallest absolute Gasteiger partial charge is 0.246 e. The first kappa shape index (κ1) is 14.2. The lowest BCUT2D eigenvalue weighted by molar-refractivity contribution is -0.144. The van der Waals surface area contributed by atoms with Crippen LogP contribution >= 0.6 is 11.6 Å². The van der Waals surface area contributed by atoms with Crippen LogP contribution in [0.1, 0.15) is 0 Å². The Hall–Kier alpha value is -1.79. The summed E-state index contributed by atoms with van der Waals surface area (Å²) in [5, 5.41) is 6.16. The fraction of sp³-hybridized carbons (Fsp3) is 0.429. The van der Waals surface area contributed by atoms with Gasteiger partial charge < -0.3 is 20.3 Å². The van der Waals surface area contributed by atoms with Gasteiger partial charge in [-0.25, -0.2) is 0 Å². The van der Waals surface area contributed by atoms with Crippen LogP contribution in [-0.2, 0) is 9.59 Å². The summed E-state index contributed by atoms with van der Waals surface area (Å²) >= 11 is 6.02. The van der Waals surface area contributed by atoms with Crippen LogP contribution in [0.3, 0.4) is 0 Å². The zero-order chi connectivity index (χ0) is 14.8. The number of para-hydroxylation sites is 1. The van der Waals surface area contributed by atoms with Gasteiger partial charge in [0.1, 0.15) is 17.9 Å². The number of rotatable bonds is 3. The first-order valence-corrected chi connectivity index (χ1v) is 7.21. The van der Waals surface area contributed by atoms with Crippen LogP contribution in [0.5, 0.6) is 5.75 Å². The minimum atomic E-state index is -0.479. The van der Waals surface area contributed by atoms with Gasteiger partial charge >= 0.3 is 0 Å². The molecule has 2 aliphatic heterocycles. The summed E-state index contributed by atoms with van der Waals surface area (Å²) in [6.45, 7) is 1.76. The Kier molecular flexibility index (Phi) is 3.98. The Morgan fingerprint density at radius 1 is 1.33 bits per heavy atom. The van der Waals surface area contributed by atoms with Crippen molar-refractivity contribution >= 4 is 23.4 Å². The number of hydrogen-bond donors (Lipinski definition) is 2. The molecule has 0 spiro atoms. The summed E-state index contributed by atoms with van der Waals surface area (Å²) < 4.78 is 5.74. The summed E-state index contributed by atoms with van der Waals surface area (Å²) in [6, 6.07) is 6.78. The molecule has 2 heterocycles. The second-order valence-electron chi connectivity index (χ2n) is 5.16. The van der Waals surface area contributed by atoms with E-state index in [1.165, 1.54) is 0 Å². The van der Waals surface area contributed by atoms with E-state index in [1.807, 2.05) is 12.1 Å². The molecule has 0 aromatic heterocycles. The molecule has 2 fully saturated rings. The van der Waals surface area contributed by atoms with Gasteiger partial charge in [-0.15, -0.1) is 0 Å². The van der Waals surface area contributed by atoms with Gasteiger partial charge in [-0.1, -0.05) is 23.7 Å². The number of amides is 2. The van der Waals surface area contributed by atoms with Crippen molar-refractivity contribution in [2.45, 2.75) is 12.1 Å². The molecule has 6 nitrogen and oxygen atoms in total. The van der Waals surface area contributed by atoms with E-state index >= 15 is 0 Å². The number of carbonyl (C=O) groups is 2. The summed E-state index contributed by atoms with van der Waals surface area (Å²) in [6.07, 6.45) is -0.0545. The van der Waals surface area contributed by atoms with E-state index in [0.29, 0.717) is 30.4 Å². The molecule has 1 aromatic carbocycles. The van der Waals surface area contributed by atoms with Gasteiger partial charge in [0.25, 0.3) is 0 Å². The van der Waals surface area contributed by atoms with Crippen LogP contribution in [0, 0.1) is 0 Å². The lowest BCUT2D eigenvalue weighted by Gasteiger charge is -2.41. The molecule has 112 valence electrons. The summed E-state index contributed by atoms with van der Waals surface area (Å²) in [5.74, 6) is 0.405. The van der Waals surface area contributed by atoms with Crippen molar-refractivity contribution in [1.29, 1.82) is 0 Å². The largest absolute Gasteiger partial charge is 0.485 e. The summed E-state index contributed by atoms with van der Waals surface area (Å²) in [7, 11) is 0. The molecule has 0 unspecified atom stereocenters. The van der Waals surface area contributed by atoms with Crippen LogP contribution in [0.2, 0.25) is 5.02 Å². The van der Waals surface area contributed by atoms with Gasteiger partial charge in [0.15, 0.2) is 0 Å². The maximum absolute atomic E-state index is 12.2. The minimum Gasteiger partial charge on any atom is -0.485 e. The van der Waals surface area contributed by atoms with E-state index in [4.69, 9.17) is 16.3 Å². The first-order chi connectivity index (χ1) is 10.1. The van der Waals surface area contributed by atoms with Crippen molar-refractivity contribution in [2.24, 2.45) is 0 Å². The molecule has 2 aliphatic rings. The molecule has 0 bridgehead atoms. The van der Waals surface area contributed by atoms with Gasteiger partial charge in [-0.2, -0.15) is 0 Å². The summed E-state index contributed by atoms with van der Waals surface area (Å²) in [5.41, 5.74) is 0. The second kappa shape index (κ2) is 5.91. The summed E-state index contributed by atoms with van der Waals surface area (Å²) in [4.78, 5) is 25.1. The van der Waals surface area contributed by atoms with Crippen LogP contribution < -0.4 is 15.4 Å². The predicted octanol–water partition coefficient (Wildman–Crippen LogP) is 0.0176. The van der Waals surface area contributed by atoms with E-state index in [1.54, 1.807) is 17.0 Å². The number of nitrogens with zero attached hydrogens (tertiary/aromatic N) is 1. The van der Waals surface area contributed by atoms with Gasteiger partial charge in [-0.3, -0.25) is 9.59 Å². The Labute approximate surface area is 127 Å². The highest BCUT2D eigenvalue weighted by Crippen LogP contribution is 2.26. The Morgan fingerprint density at radius 3 is 2.81 bits per heavy atom. The molecule has 0 radical (unpaired) electrons. The van der Waals surface area contributed by atoms with Gasteiger partial charge in [0.05, 0.1) is 24.7 Å². The van der Waals surface area contributed by atoms with Crippen LogP contribution in [-0.4, -0.2) is 55.0 Å². The van der Waals surface area contributed by atoms with E-state index in [9.17, 15) is 9.59 Å². The number of piperazine rings is 1. The molecular formula is C14H16ClN3O3. The molecule has 2 saturated heterocycles. The fourth-order valence-electron chi connectivity index (χ4n) is 2.41. The van der Waals surface area contributed by atoms with Crippen molar-refractivity contribution in [3.05, 3.63) is 29.3 Å². The number of nitrogens with one attached hydrogen (secondary N) is 2. The molecule has 0 aliphatic carbocycles. The normalized spacial score (nSPS) is 22.4. The number of hydrogen-bond acceptors (Lipinski definition) is 4. The third-order valence-corrected chi connectivity index (χ3v) is 3.87. The molecular weight excluding hydrogens is 294 g/mol. The molecule has 2 amide bonds. The molecule has 3 rings (SSSR count). The van der Waals surface area contributed by atoms with Crippen LogP contribution in [0.4, 0.5) is 0 Å². The molecule has 7 heteroatoms. The van der Waals surface area contributed by atoms with Crippen molar-refractivity contribution in [1.82, 2.24) is 15.5 Å². The SMILES string of the molecule is O=C1CNC[C@H](C(=O)N2CC(Oc3ccccc3Cl)C2)N1. The third kappa shape index (κ3) is 3.11. The Morgan fingerprint density at radius 2 is 2.10 bits per heavy atom. The van der Waals surface area contributed by atoms with E-state index in [-0.39, 0.29) is 24.5 Å². The standard InChI is InChI=1S/C14H16ClN3O3/c15-10-3-1-2-4-12(10)21-9-7-18(8-9)14(20)11-5-16-6-13(19)17-11/h1-4,9,11,16H,5-8H2,(H,17,19)/t11-/m1/s1. The number of halogens is 1. The number of carbonyl (C=O) groups excluding carboxylic acids is 2. The van der Waals surface area contributed by atoms with Crippen molar-refractivity contribution in [3.63, 3.8) is 0 Å². The molecule has 1 atom stereocenters. The third-order valence-electron chi connectivity index (χ3n) is 3.56. The van der Waals surface area contributed by atoms with Crippen molar-refractivity contribution < 1.29 is 14.3 Å². The molecule has 1 aromatic rings. The van der Waals surface area contributed by atoms with Gasteiger partial charge in [-0.05, 0) is 12.1 Å². The predicted molar refractivity (Wildman–Crippen MR) is 77.2 cm³/mol. The highest BCUT2D eigenvalue weighted by Gasteiger charge is 2.37. The molecule has 21 heavy (non-hydrogen) atoms. The minimum absolute atomic E-state index is 0.0545. The van der Waals surface area contributed by atoms with Crippen LogP contribution in [0.15, 0.2) is 24.3 Å². The lowest BCUT2D eigenvalue weighted by atomic mass is 10.1. The van der Waals surface area contributed by atoms with Crippen LogP contribution in [0.25, 0.3) is 0 Å². The fourth-order valence-corrected chi connectivity index (χ4v) is 2.59. The van der Waals surface area contributed by atoms with E-state index in [0.717, 1.165) is 0 Å². The number of ether oxygens (including phenoxy) is 1. The average Bonchev–Trinajstić information content (AvgIpc) is 2.43. The quantitative estimate of drug-likeness (QED) is 0.826. The number of likely N-dealkylation sites (tertiary alicyclic amines) is 1. The molecule has 0 saturated carbocycles. The highest BCUT2D eigenvalue weighted by molar-refractivity contribution is 6.32. The highest BCUT2D eigenvalue weighted by atomic mass is 35.5. The lowest BCUT2D eigenvalue weighted by Crippen LogP contribution is -2.64. The Bertz CT molecular complexity index is 560. The first-order valence-electron chi connectivity index (χ1n) is 6.83. The molecule has 2 N–H and O–H groups in total. The number of benzene rings is 1. The monoisotopic (exact) mass is 309 g/mol. The van der Waals surface area contributed by atoms with Gasteiger partial charge in [0, 0.05) is 6.54 Å².